The van der Waals surface area contributed by atoms with E-state index in [9.17, 15) is 19.5 Å². The van der Waals surface area contributed by atoms with Gasteiger partial charge in [-0.1, -0.05) is 35.1 Å². The minimum absolute atomic E-state index is 0.0652. The van der Waals surface area contributed by atoms with Crippen LogP contribution in [0.3, 0.4) is 0 Å². The quantitative estimate of drug-likeness (QED) is 0.133. The number of aliphatic carboxylic acids is 1. The van der Waals surface area contributed by atoms with Crippen molar-refractivity contribution >= 4 is 63.7 Å². The van der Waals surface area contributed by atoms with Gasteiger partial charge in [0.05, 0.1) is 0 Å². The van der Waals surface area contributed by atoms with E-state index >= 15 is 0 Å². The summed E-state index contributed by atoms with van der Waals surface area (Å²) in [5.74, 6) is -1.65. The molecule has 4 N–H and O–H groups in total. The lowest BCUT2D eigenvalue weighted by molar-refractivity contribution is -0.150. The van der Waals surface area contributed by atoms with Crippen molar-refractivity contribution in [3.05, 3.63) is 47.4 Å². The van der Waals surface area contributed by atoms with E-state index in [1.807, 2.05) is 0 Å². The maximum Gasteiger partial charge on any atom is 0.352 e. The summed E-state index contributed by atoms with van der Waals surface area (Å²) >= 11 is 3.47. The van der Waals surface area contributed by atoms with E-state index in [0.717, 1.165) is 11.5 Å². The topological polar surface area (TPSA) is 204 Å². The second-order valence-electron chi connectivity index (χ2n) is 7.79. The van der Waals surface area contributed by atoms with Crippen LogP contribution in [0.4, 0.5) is 5.13 Å². The number of hydrogen-bond acceptors (Lipinski definition) is 14. The fourth-order valence-corrected chi connectivity index (χ4v) is 6.36. The summed E-state index contributed by atoms with van der Waals surface area (Å²) in [6, 6.07) is 7.55. The number of nitrogen functional groups attached to an aromatic ring is 1. The molecule has 0 bridgehead atoms. The summed E-state index contributed by atoms with van der Waals surface area (Å²) in [7, 11) is 1.67. The van der Waals surface area contributed by atoms with Crippen molar-refractivity contribution in [2.45, 2.75) is 16.6 Å². The number of anilines is 1. The van der Waals surface area contributed by atoms with Crippen LogP contribution in [0.2, 0.25) is 0 Å². The molecule has 15 nitrogen and oxygen atoms in total. The van der Waals surface area contributed by atoms with Crippen molar-refractivity contribution in [3.63, 3.8) is 0 Å². The van der Waals surface area contributed by atoms with Gasteiger partial charge >= 0.3 is 5.97 Å². The van der Waals surface area contributed by atoms with Gasteiger partial charge in [0.1, 0.15) is 17.1 Å². The number of fused-ring (bicyclic) bond motifs is 1. The van der Waals surface area contributed by atoms with Crippen LogP contribution in [0, 0.1) is 0 Å². The van der Waals surface area contributed by atoms with Gasteiger partial charge in [-0.3, -0.25) is 14.5 Å². The number of carboxylic acids is 1. The minimum atomic E-state index is -1.24. The molecule has 2 amide bonds. The fraction of sp³-hybridized carbons (Fsp3) is 0.250. The number of nitrogens with one attached hydrogen (secondary N) is 1. The van der Waals surface area contributed by atoms with Gasteiger partial charge in [0, 0.05) is 30.1 Å². The monoisotopic (exact) mass is 574 g/mol. The van der Waals surface area contributed by atoms with E-state index in [1.165, 1.54) is 33.1 Å². The fourth-order valence-electron chi connectivity index (χ4n) is 3.59. The standard InChI is InChI=1S/C20H18N10O5S3/c1-29-20(24-27-28-29)37-8-9-7-36-17-12(16(32)30(17)13(9)18(33)34)22-15(31)11(14-23-19(21)38-26-14)25-35-10-5-3-2-4-6-10/h2-6,12,17H,7-8H2,1H3,(H,22,31)(H,33,34)(H2,21,23,26)/t12?,17-/m0/s1. The predicted molar refractivity (Wildman–Crippen MR) is 137 cm³/mol. The number of aryl methyl sites for hydroxylation is 1. The first-order chi connectivity index (χ1) is 18.3. The molecule has 1 fully saturated rings. The summed E-state index contributed by atoms with van der Waals surface area (Å²) in [5.41, 5.74) is 5.83. The number of nitrogens with zero attached hydrogens (tertiary/aromatic N) is 8. The number of amides is 2. The Bertz CT molecular complexity index is 1460. The molecule has 4 heterocycles. The number of para-hydroxylation sites is 1. The van der Waals surface area contributed by atoms with Gasteiger partial charge in [0.25, 0.3) is 11.8 Å². The molecule has 3 aromatic rings. The van der Waals surface area contributed by atoms with Crippen molar-refractivity contribution < 1.29 is 24.3 Å². The maximum atomic E-state index is 13.2. The summed E-state index contributed by atoms with van der Waals surface area (Å²) in [4.78, 5) is 48.9. The smallest absolute Gasteiger partial charge is 0.352 e. The summed E-state index contributed by atoms with van der Waals surface area (Å²) in [6.45, 7) is 0. The lowest BCUT2D eigenvalue weighted by atomic mass is 10.0. The molecule has 5 rings (SSSR count). The van der Waals surface area contributed by atoms with Crippen molar-refractivity contribution in [3.8, 4) is 5.75 Å². The number of β-lactam (4-membered cyclic amide) rings is 1. The zero-order valence-electron chi connectivity index (χ0n) is 19.4. The highest BCUT2D eigenvalue weighted by atomic mass is 32.2. The van der Waals surface area contributed by atoms with Gasteiger partial charge in [0.15, 0.2) is 10.9 Å². The van der Waals surface area contributed by atoms with Gasteiger partial charge in [-0.25, -0.2) is 9.48 Å². The molecule has 0 radical (unpaired) electrons. The minimum Gasteiger partial charge on any atom is -0.477 e. The molecule has 18 heteroatoms. The van der Waals surface area contributed by atoms with E-state index in [2.05, 4.69) is 35.4 Å². The second-order valence-corrected chi connectivity index (χ2v) is 10.6. The highest BCUT2D eigenvalue weighted by molar-refractivity contribution is 8.01. The molecule has 2 aromatic heterocycles. The van der Waals surface area contributed by atoms with Crippen LogP contribution in [0.25, 0.3) is 0 Å². The summed E-state index contributed by atoms with van der Waals surface area (Å²) in [5, 5.41) is 27.6. The zero-order chi connectivity index (χ0) is 26.8. The van der Waals surface area contributed by atoms with Crippen molar-refractivity contribution in [1.82, 2.24) is 39.8 Å². The third kappa shape index (κ3) is 5.04. The van der Waals surface area contributed by atoms with Crippen molar-refractivity contribution in [2.24, 2.45) is 12.2 Å². The Morgan fingerprint density at radius 1 is 1.34 bits per heavy atom. The van der Waals surface area contributed by atoms with Crippen LogP contribution in [-0.4, -0.2) is 86.0 Å². The molecule has 0 spiro atoms. The van der Waals surface area contributed by atoms with Crippen LogP contribution in [0.15, 0.2) is 51.9 Å². The highest BCUT2D eigenvalue weighted by Crippen LogP contribution is 2.41. The van der Waals surface area contributed by atoms with E-state index in [-0.39, 0.29) is 28.1 Å². The third-order valence-electron chi connectivity index (χ3n) is 5.35. The van der Waals surface area contributed by atoms with E-state index in [1.54, 1.807) is 37.4 Å². The predicted octanol–water partition coefficient (Wildman–Crippen LogP) is -0.0422. The molecule has 0 saturated carbocycles. The first-order valence-corrected chi connectivity index (χ1v) is 13.6. The Kier molecular flexibility index (Phi) is 7.25. The highest BCUT2D eigenvalue weighted by Gasteiger charge is 2.54. The molecule has 1 saturated heterocycles. The molecular weight excluding hydrogens is 556 g/mol. The molecule has 196 valence electrons. The van der Waals surface area contributed by atoms with Gasteiger partial charge in [0.2, 0.25) is 16.7 Å². The van der Waals surface area contributed by atoms with Crippen LogP contribution in [0.5, 0.6) is 5.75 Å². The Morgan fingerprint density at radius 3 is 2.79 bits per heavy atom. The average molecular weight is 575 g/mol. The first kappa shape index (κ1) is 25.6. The number of rotatable bonds is 9. The number of tetrazole rings is 1. The Labute approximate surface area is 226 Å². The lowest BCUT2D eigenvalue weighted by Crippen LogP contribution is -2.71. The summed E-state index contributed by atoms with van der Waals surface area (Å²) < 4.78 is 5.49. The second kappa shape index (κ2) is 10.8. The number of benzene rings is 1. The molecular formula is C20H18N10O5S3. The Morgan fingerprint density at radius 2 is 2.13 bits per heavy atom. The van der Waals surface area contributed by atoms with E-state index < -0.39 is 29.2 Å². The zero-order valence-corrected chi connectivity index (χ0v) is 21.9. The number of oxime groups is 1. The largest absolute Gasteiger partial charge is 0.477 e. The molecule has 2 aliphatic heterocycles. The number of aromatic nitrogens is 6. The van der Waals surface area contributed by atoms with Crippen LogP contribution in [-0.2, 0) is 21.4 Å². The number of carbonyl (C=O) groups excluding carboxylic acids is 2. The molecule has 1 aromatic carbocycles. The number of hydrogen-bond donors (Lipinski definition) is 3. The third-order valence-corrected chi connectivity index (χ3v) is 8.33. The maximum absolute atomic E-state index is 13.2. The van der Waals surface area contributed by atoms with Crippen LogP contribution in [0.1, 0.15) is 5.82 Å². The van der Waals surface area contributed by atoms with Gasteiger partial charge in [-0.15, -0.1) is 16.9 Å². The van der Waals surface area contributed by atoms with Crippen LogP contribution < -0.4 is 15.9 Å². The van der Waals surface area contributed by atoms with E-state index in [4.69, 9.17) is 10.6 Å². The number of carboxylic acid groups (broad SMARTS) is 1. The van der Waals surface area contributed by atoms with Crippen molar-refractivity contribution in [2.75, 3.05) is 17.2 Å². The number of thioether (sulfide) groups is 2. The summed E-state index contributed by atoms with van der Waals surface area (Å²) in [6.07, 6.45) is 0. The van der Waals surface area contributed by atoms with Gasteiger partial charge in [-0.05, 0) is 28.1 Å². The van der Waals surface area contributed by atoms with Crippen molar-refractivity contribution in [1.29, 1.82) is 0 Å². The molecule has 2 aliphatic rings. The molecule has 1 unspecified atom stereocenters. The molecule has 0 aliphatic carbocycles. The molecule has 2 atom stereocenters. The Hall–Kier alpha value is -4.03. The number of carbonyl (C=O) groups is 3. The Balaban J connectivity index is 1.33. The van der Waals surface area contributed by atoms with Gasteiger partial charge < -0.3 is 21.0 Å². The van der Waals surface area contributed by atoms with Gasteiger partial charge in [-0.2, -0.15) is 9.36 Å². The van der Waals surface area contributed by atoms with Crippen LogP contribution >= 0.6 is 35.1 Å². The number of nitrogens with two attached hydrogens (primary N) is 1. The van der Waals surface area contributed by atoms with E-state index in [0.29, 0.717) is 22.2 Å². The first-order valence-electron chi connectivity index (χ1n) is 10.8. The average Bonchev–Trinajstić information content (AvgIpc) is 3.53. The lowest BCUT2D eigenvalue weighted by Gasteiger charge is -2.49. The molecule has 38 heavy (non-hydrogen) atoms. The SMILES string of the molecule is Cn1nnnc1SCC1=C(C(=O)O)N2C(=O)C(NC(=O)C(=NOc3ccccc3)c3nsc(N)n3)[C@@H]2SC1. The normalized spacial score (nSPS) is 19.1.